The first-order valence-electron chi connectivity index (χ1n) is 6.87. The normalized spacial score (nSPS) is 21.4. The average Bonchev–Trinajstić information content (AvgIpc) is 2.78. The van der Waals surface area contributed by atoms with E-state index < -0.39 is 17.1 Å². The Bertz CT molecular complexity index is 572. The SMILES string of the molecule is CSc1cccc(C2NC(=O)C(OC(=O)NC(C)(C)C)S2)c1. The van der Waals surface area contributed by atoms with Gasteiger partial charge in [-0.3, -0.25) is 4.79 Å². The lowest BCUT2D eigenvalue weighted by Gasteiger charge is -2.21. The first kappa shape index (κ1) is 17.0. The van der Waals surface area contributed by atoms with Gasteiger partial charge in [0.1, 0.15) is 5.37 Å². The van der Waals surface area contributed by atoms with Crippen molar-refractivity contribution in [3.8, 4) is 0 Å². The standard InChI is InChI=1S/C15H20N2O3S2/c1-15(2,3)17-14(19)20-13-11(18)16-12(22-13)9-6-5-7-10(8-9)21-4/h5-8,12-13H,1-4H3,(H,16,18)(H,17,19). The Hall–Kier alpha value is -1.34. The smallest absolute Gasteiger partial charge is 0.409 e. The molecule has 0 aliphatic carbocycles. The predicted octanol–water partition coefficient (Wildman–Crippen LogP) is 3.12. The van der Waals surface area contributed by atoms with E-state index in [9.17, 15) is 9.59 Å². The number of thioether (sulfide) groups is 2. The van der Waals surface area contributed by atoms with Crippen LogP contribution in [0.1, 0.15) is 31.7 Å². The van der Waals surface area contributed by atoms with Crippen LogP contribution in [0.4, 0.5) is 4.79 Å². The van der Waals surface area contributed by atoms with E-state index in [0.717, 1.165) is 10.5 Å². The number of carbonyl (C=O) groups is 2. The molecule has 2 atom stereocenters. The fraction of sp³-hybridized carbons (Fsp3) is 0.467. The summed E-state index contributed by atoms with van der Waals surface area (Å²) in [4.78, 5) is 24.9. The lowest BCUT2D eigenvalue weighted by atomic mass is 10.1. The third kappa shape index (κ3) is 4.58. The summed E-state index contributed by atoms with van der Waals surface area (Å²) in [6, 6.07) is 7.95. The molecule has 0 radical (unpaired) electrons. The van der Waals surface area contributed by atoms with Crippen LogP contribution in [0.15, 0.2) is 29.2 Å². The molecule has 0 spiro atoms. The minimum atomic E-state index is -0.828. The quantitative estimate of drug-likeness (QED) is 0.828. The number of alkyl carbamates (subject to hydrolysis) is 1. The third-order valence-electron chi connectivity index (χ3n) is 2.83. The molecule has 0 bridgehead atoms. The van der Waals surface area contributed by atoms with Crippen LogP contribution in [-0.4, -0.2) is 29.2 Å². The number of rotatable bonds is 3. The Morgan fingerprint density at radius 3 is 2.77 bits per heavy atom. The Morgan fingerprint density at radius 2 is 2.14 bits per heavy atom. The van der Waals surface area contributed by atoms with E-state index in [-0.39, 0.29) is 11.3 Å². The molecule has 2 rings (SSSR count). The molecule has 2 amide bonds. The molecule has 22 heavy (non-hydrogen) atoms. The molecular weight excluding hydrogens is 320 g/mol. The molecule has 1 aromatic carbocycles. The highest BCUT2D eigenvalue weighted by atomic mass is 32.2. The largest absolute Gasteiger partial charge is 0.425 e. The van der Waals surface area contributed by atoms with Gasteiger partial charge >= 0.3 is 6.09 Å². The summed E-state index contributed by atoms with van der Waals surface area (Å²) in [6.07, 6.45) is 1.42. The summed E-state index contributed by atoms with van der Waals surface area (Å²) in [5, 5.41) is 5.33. The molecule has 5 nitrogen and oxygen atoms in total. The lowest BCUT2D eigenvalue weighted by molar-refractivity contribution is -0.124. The van der Waals surface area contributed by atoms with Gasteiger partial charge in [0, 0.05) is 10.4 Å². The fourth-order valence-corrected chi connectivity index (χ4v) is 3.44. The van der Waals surface area contributed by atoms with Gasteiger partial charge in [0.05, 0.1) is 0 Å². The molecule has 2 N–H and O–H groups in total. The van der Waals surface area contributed by atoms with Gasteiger partial charge in [-0.25, -0.2) is 4.79 Å². The van der Waals surface area contributed by atoms with Crippen molar-refractivity contribution < 1.29 is 14.3 Å². The molecule has 1 aliphatic heterocycles. The predicted molar refractivity (Wildman–Crippen MR) is 89.9 cm³/mol. The molecule has 1 fully saturated rings. The summed E-state index contributed by atoms with van der Waals surface area (Å²) < 4.78 is 5.20. The maximum atomic E-state index is 12.0. The molecule has 2 unspecified atom stereocenters. The Kier molecular flexibility index (Phi) is 5.28. The second-order valence-corrected chi connectivity index (χ2v) is 7.96. The molecular formula is C15H20N2O3S2. The molecule has 0 saturated carbocycles. The van der Waals surface area contributed by atoms with Crippen LogP contribution in [-0.2, 0) is 9.53 Å². The van der Waals surface area contributed by atoms with Crippen molar-refractivity contribution >= 4 is 35.5 Å². The fourth-order valence-electron chi connectivity index (χ4n) is 1.90. The van der Waals surface area contributed by atoms with Crippen LogP contribution in [0.25, 0.3) is 0 Å². The van der Waals surface area contributed by atoms with Crippen LogP contribution >= 0.6 is 23.5 Å². The van der Waals surface area contributed by atoms with E-state index in [0.29, 0.717) is 0 Å². The zero-order chi connectivity index (χ0) is 16.3. The van der Waals surface area contributed by atoms with E-state index in [1.165, 1.54) is 11.8 Å². The van der Waals surface area contributed by atoms with Crippen molar-refractivity contribution in [2.45, 2.75) is 42.0 Å². The zero-order valence-electron chi connectivity index (χ0n) is 13.0. The number of nitrogens with one attached hydrogen (secondary N) is 2. The van der Waals surface area contributed by atoms with Crippen LogP contribution in [0, 0.1) is 0 Å². The first-order chi connectivity index (χ1) is 10.3. The topological polar surface area (TPSA) is 67.4 Å². The maximum absolute atomic E-state index is 12.0. The van der Waals surface area contributed by atoms with Crippen LogP contribution in [0.3, 0.4) is 0 Å². The van der Waals surface area contributed by atoms with Gasteiger partial charge in [-0.15, -0.1) is 11.8 Å². The van der Waals surface area contributed by atoms with Crippen molar-refractivity contribution in [2.75, 3.05) is 6.26 Å². The molecule has 1 saturated heterocycles. The van der Waals surface area contributed by atoms with Gasteiger partial charge < -0.3 is 15.4 Å². The Morgan fingerprint density at radius 1 is 1.41 bits per heavy atom. The van der Waals surface area contributed by atoms with Crippen molar-refractivity contribution in [3.63, 3.8) is 0 Å². The monoisotopic (exact) mass is 340 g/mol. The van der Waals surface area contributed by atoms with E-state index in [1.54, 1.807) is 11.8 Å². The zero-order valence-corrected chi connectivity index (χ0v) is 14.6. The van der Waals surface area contributed by atoms with Crippen LogP contribution in [0.5, 0.6) is 0 Å². The van der Waals surface area contributed by atoms with Gasteiger partial charge in [0.15, 0.2) is 0 Å². The molecule has 1 aliphatic rings. The highest BCUT2D eigenvalue weighted by Crippen LogP contribution is 2.37. The van der Waals surface area contributed by atoms with E-state index in [4.69, 9.17) is 4.74 Å². The summed E-state index contributed by atoms with van der Waals surface area (Å²) in [6.45, 7) is 5.56. The highest BCUT2D eigenvalue weighted by Gasteiger charge is 2.37. The van der Waals surface area contributed by atoms with Gasteiger partial charge in [0.2, 0.25) is 5.44 Å². The van der Waals surface area contributed by atoms with Crippen molar-refractivity contribution in [1.82, 2.24) is 10.6 Å². The number of carbonyl (C=O) groups excluding carboxylic acids is 2. The second kappa shape index (κ2) is 6.83. The van der Waals surface area contributed by atoms with E-state index >= 15 is 0 Å². The van der Waals surface area contributed by atoms with Crippen LogP contribution < -0.4 is 10.6 Å². The number of benzene rings is 1. The maximum Gasteiger partial charge on any atom is 0.409 e. The molecule has 0 aromatic heterocycles. The Balaban J connectivity index is 2.00. The minimum absolute atomic E-state index is 0.202. The summed E-state index contributed by atoms with van der Waals surface area (Å²) in [7, 11) is 0. The lowest BCUT2D eigenvalue weighted by Crippen LogP contribution is -2.43. The molecule has 1 aromatic rings. The van der Waals surface area contributed by atoms with Crippen molar-refractivity contribution in [1.29, 1.82) is 0 Å². The van der Waals surface area contributed by atoms with Crippen molar-refractivity contribution in [2.24, 2.45) is 0 Å². The average molecular weight is 340 g/mol. The van der Waals surface area contributed by atoms with Gasteiger partial charge in [-0.1, -0.05) is 23.9 Å². The Labute approximate surface area is 138 Å². The number of hydrogen-bond acceptors (Lipinski definition) is 5. The molecule has 120 valence electrons. The van der Waals surface area contributed by atoms with E-state index in [1.807, 2.05) is 51.3 Å². The first-order valence-corrected chi connectivity index (χ1v) is 9.04. The van der Waals surface area contributed by atoms with Crippen LogP contribution in [0.2, 0.25) is 0 Å². The number of amides is 2. The summed E-state index contributed by atoms with van der Waals surface area (Å²) in [5.41, 5.74) is -0.235. The molecule has 7 heteroatoms. The highest BCUT2D eigenvalue weighted by molar-refractivity contribution is 8.01. The van der Waals surface area contributed by atoms with E-state index in [2.05, 4.69) is 10.6 Å². The number of hydrogen-bond donors (Lipinski definition) is 2. The molecule has 1 heterocycles. The minimum Gasteiger partial charge on any atom is -0.425 e. The number of ether oxygens (including phenoxy) is 1. The summed E-state index contributed by atoms with van der Waals surface area (Å²) in [5.74, 6) is -0.284. The van der Waals surface area contributed by atoms with Gasteiger partial charge in [-0.2, -0.15) is 0 Å². The van der Waals surface area contributed by atoms with Gasteiger partial charge in [-0.05, 0) is 44.7 Å². The second-order valence-electron chi connectivity index (χ2n) is 5.91. The van der Waals surface area contributed by atoms with Gasteiger partial charge in [0.25, 0.3) is 5.91 Å². The van der Waals surface area contributed by atoms with Crippen molar-refractivity contribution in [3.05, 3.63) is 29.8 Å². The summed E-state index contributed by atoms with van der Waals surface area (Å²) >= 11 is 2.94. The third-order valence-corrected chi connectivity index (χ3v) is 4.78.